The Morgan fingerprint density at radius 1 is 1.06 bits per heavy atom. The van der Waals surface area contributed by atoms with Crippen LogP contribution in [0, 0.1) is 0 Å². The first kappa shape index (κ1) is 23.1. The third-order valence-corrected chi connectivity index (χ3v) is 5.55. The fourth-order valence-corrected chi connectivity index (χ4v) is 3.71. The number of benzene rings is 2. The molecule has 1 amide bonds. The van der Waals surface area contributed by atoms with Crippen LogP contribution in [-0.2, 0) is 17.9 Å². The third-order valence-electron chi connectivity index (χ3n) is 5.55. The Morgan fingerprint density at radius 2 is 1.69 bits per heavy atom. The molecule has 1 atom stereocenters. The zero-order valence-corrected chi connectivity index (χ0v) is 18.6. The number of hydrogen-bond donors (Lipinski definition) is 2. The van der Waals surface area contributed by atoms with Crippen LogP contribution in [0.3, 0.4) is 0 Å². The van der Waals surface area contributed by atoms with Gasteiger partial charge in [-0.15, -0.1) is 0 Å². The molecule has 0 fully saturated rings. The van der Waals surface area contributed by atoms with Crippen LogP contribution in [0.15, 0.2) is 70.3 Å². The highest BCUT2D eigenvalue weighted by atomic mass is 16.2. The molecule has 0 aliphatic rings. The molecule has 0 aliphatic heterocycles. The van der Waals surface area contributed by atoms with E-state index in [2.05, 4.69) is 4.98 Å². The van der Waals surface area contributed by atoms with E-state index in [0.717, 1.165) is 24.0 Å². The van der Waals surface area contributed by atoms with Gasteiger partial charge in [0, 0.05) is 13.0 Å². The van der Waals surface area contributed by atoms with Crippen LogP contribution in [0.5, 0.6) is 0 Å². The minimum Gasteiger partial charge on any atom is -0.383 e. The molecule has 7 heteroatoms. The number of rotatable bonds is 9. The molecule has 0 bridgehead atoms. The Bertz CT molecular complexity index is 1150. The number of aromatic nitrogens is 2. The Kier molecular flexibility index (Phi) is 7.65. The lowest BCUT2D eigenvalue weighted by Crippen LogP contribution is -2.41. The highest BCUT2D eigenvalue weighted by Gasteiger charge is 2.26. The van der Waals surface area contributed by atoms with Crippen LogP contribution in [0.4, 0.5) is 11.5 Å². The van der Waals surface area contributed by atoms with Crippen molar-refractivity contribution >= 4 is 17.4 Å². The highest BCUT2D eigenvalue weighted by molar-refractivity contribution is 5.95. The topological polar surface area (TPSA) is 101 Å². The molecule has 0 saturated heterocycles. The number of amides is 1. The van der Waals surface area contributed by atoms with Crippen LogP contribution in [-0.4, -0.2) is 15.5 Å². The average molecular weight is 435 g/mol. The number of hydrogen-bond acceptors (Lipinski definition) is 4. The molecular weight excluding hydrogens is 404 g/mol. The summed E-state index contributed by atoms with van der Waals surface area (Å²) in [6.07, 6.45) is 1.79. The summed E-state index contributed by atoms with van der Waals surface area (Å²) in [5.41, 5.74) is 7.01. The van der Waals surface area contributed by atoms with Gasteiger partial charge in [-0.05, 0) is 23.5 Å². The maximum atomic E-state index is 13.5. The minimum absolute atomic E-state index is 0.0174. The van der Waals surface area contributed by atoms with Gasteiger partial charge in [-0.1, -0.05) is 80.9 Å². The fraction of sp³-hybridized carbons (Fsp3) is 0.320. The number of anilines is 2. The zero-order chi connectivity index (χ0) is 23.1. The van der Waals surface area contributed by atoms with Gasteiger partial charge in [0.2, 0.25) is 5.91 Å². The maximum Gasteiger partial charge on any atom is 0.330 e. The van der Waals surface area contributed by atoms with Crippen molar-refractivity contribution in [3.63, 3.8) is 0 Å². The molecule has 3 rings (SSSR count). The van der Waals surface area contributed by atoms with E-state index in [-0.39, 0.29) is 36.3 Å². The maximum absolute atomic E-state index is 13.5. The van der Waals surface area contributed by atoms with E-state index >= 15 is 0 Å². The first-order chi connectivity index (χ1) is 15.4. The third kappa shape index (κ3) is 5.35. The molecule has 7 nitrogen and oxygen atoms in total. The molecule has 3 N–H and O–H groups in total. The lowest BCUT2D eigenvalue weighted by Gasteiger charge is -2.26. The van der Waals surface area contributed by atoms with Crippen LogP contribution in [0.2, 0.25) is 0 Å². The Balaban J connectivity index is 2.02. The first-order valence-electron chi connectivity index (χ1n) is 10.9. The van der Waals surface area contributed by atoms with Crippen molar-refractivity contribution in [2.75, 3.05) is 10.6 Å². The summed E-state index contributed by atoms with van der Waals surface area (Å²) in [7, 11) is 0. The number of carbonyl (C=O) groups excluding carboxylic acids is 1. The van der Waals surface area contributed by atoms with E-state index < -0.39 is 11.2 Å². The monoisotopic (exact) mass is 434 g/mol. The largest absolute Gasteiger partial charge is 0.383 e. The summed E-state index contributed by atoms with van der Waals surface area (Å²) in [5.74, 6) is -0.264. The zero-order valence-electron chi connectivity index (χ0n) is 18.6. The summed E-state index contributed by atoms with van der Waals surface area (Å²) in [6, 6.07) is 19.2. The standard InChI is InChI=1S/C25H30N4O3/c1-3-4-15-28-23(26)22(24(31)27-25(28)32)29(17-19-11-7-5-8-12-19)21(30)16-18(2)20-13-9-6-10-14-20/h5-14,18H,3-4,15-17,26H2,1-2H3,(H,27,31,32). The lowest BCUT2D eigenvalue weighted by molar-refractivity contribution is -0.119. The second-order valence-electron chi connectivity index (χ2n) is 7.98. The van der Waals surface area contributed by atoms with Crippen molar-refractivity contribution in [1.29, 1.82) is 0 Å². The van der Waals surface area contributed by atoms with Crippen molar-refractivity contribution in [3.05, 3.63) is 92.6 Å². The van der Waals surface area contributed by atoms with Crippen LogP contribution >= 0.6 is 0 Å². The van der Waals surface area contributed by atoms with Crippen molar-refractivity contribution < 1.29 is 4.79 Å². The van der Waals surface area contributed by atoms with E-state index in [9.17, 15) is 14.4 Å². The molecule has 0 spiro atoms. The summed E-state index contributed by atoms with van der Waals surface area (Å²) in [4.78, 5) is 42.4. The molecule has 1 aromatic heterocycles. The Hall–Kier alpha value is -3.61. The number of aromatic amines is 1. The van der Waals surface area contributed by atoms with Crippen LogP contribution in [0.1, 0.15) is 50.2 Å². The molecular formula is C25H30N4O3. The molecule has 2 aromatic carbocycles. The number of H-pyrrole nitrogens is 1. The van der Waals surface area contributed by atoms with Crippen molar-refractivity contribution in [3.8, 4) is 0 Å². The van der Waals surface area contributed by atoms with Gasteiger partial charge in [-0.2, -0.15) is 0 Å². The number of nitrogens with one attached hydrogen (secondary N) is 1. The summed E-state index contributed by atoms with van der Waals surface area (Å²) in [5, 5.41) is 0. The van der Waals surface area contributed by atoms with E-state index in [1.165, 1.54) is 9.47 Å². The van der Waals surface area contributed by atoms with Crippen molar-refractivity contribution in [2.24, 2.45) is 0 Å². The van der Waals surface area contributed by atoms with Gasteiger partial charge in [0.15, 0.2) is 5.69 Å². The van der Waals surface area contributed by atoms with Crippen LogP contribution in [0.25, 0.3) is 0 Å². The number of carbonyl (C=O) groups is 1. The molecule has 0 radical (unpaired) electrons. The van der Waals surface area contributed by atoms with Crippen LogP contribution < -0.4 is 21.9 Å². The van der Waals surface area contributed by atoms with Gasteiger partial charge >= 0.3 is 5.69 Å². The van der Waals surface area contributed by atoms with Crippen molar-refractivity contribution in [1.82, 2.24) is 9.55 Å². The van der Waals surface area contributed by atoms with Gasteiger partial charge in [0.1, 0.15) is 5.82 Å². The van der Waals surface area contributed by atoms with Crippen molar-refractivity contribution in [2.45, 2.75) is 52.1 Å². The van der Waals surface area contributed by atoms with Gasteiger partial charge < -0.3 is 10.6 Å². The van der Waals surface area contributed by atoms with Gasteiger partial charge in [-0.25, -0.2) is 4.79 Å². The van der Waals surface area contributed by atoms with E-state index in [4.69, 9.17) is 5.73 Å². The number of nitrogens with zero attached hydrogens (tertiary/aromatic N) is 2. The number of unbranched alkanes of at least 4 members (excludes halogenated alkanes) is 1. The SMILES string of the molecule is CCCCn1c(N)c(N(Cc2ccccc2)C(=O)CC(C)c2ccccc2)c(=O)[nH]c1=O. The molecule has 0 aliphatic carbocycles. The summed E-state index contributed by atoms with van der Waals surface area (Å²) >= 11 is 0. The highest BCUT2D eigenvalue weighted by Crippen LogP contribution is 2.25. The molecule has 0 saturated carbocycles. The Labute approximate surface area is 187 Å². The predicted octanol–water partition coefficient (Wildman–Crippen LogP) is 3.65. The summed E-state index contributed by atoms with van der Waals surface area (Å²) < 4.78 is 1.34. The first-order valence-corrected chi connectivity index (χ1v) is 10.9. The lowest BCUT2D eigenvalue weighted by atomic mass is 9.97. The summed E-state index contributed by atoms with van der Waals surface area (Å²) in [6.45, 7) is 4.53. The average Bonchev–Trinajstić information content (AvgIpc) is 2.79. The quantitative estimate of drug-likeness (QED) is 0.537. The minimum atomic E-state index is -0.656. The molecule has 3 aromatic rings. The molecule has 1 heterocycles. The van der Waals surface area contributed by atoms with Gasteiger partial charge in [0.05, 0.1) is 6.54 Å². The number of nitrogens with two attached hydrogens (primary N) is 1. The smallest absolute Gasteiger partial charge is 0.330 e. The van der Waals surface area contributed by atoms with E-state index in [1.807, 2.05) is 74.5 Å². The van der Waals surface area contributed by atoms with E-state index in [0.29, 0.717) is 6.54 Å². The van der Waals surface area contributed by atoms with E-state index in [1.54, 1.807) is 0 Å². The molecule has 32 heavy (non-hydrogen) atoms. The Morgan fingerprint density at radius 3 is 2.31 bits per heavy atom. The second-order valence-corrected chi connectivity index (χ2v) is 7.98. The second kappa shape index (κ2) is 10.6. The predicted molar refractivity (Wildman–Crippen MR) is 128 cm³/mol. The van der Waals surface area contributed by atoms with Gasteiger partial charge in [0.25, 0.3) is 5.56 Å². The molecule has 168 valence electrons. The normalized spacial score (nSPS) is 11.8. The molecule has 1 unspecified atom stereocenters. The van der Waals surface area contributed by atoms with Gasteiger partial charge in [-0.3, -0.25) is 19.1 Å². The fourth-order valence-electron chi connectivity index (χ4n) is 3.71. The number of nitrogen functional groups attached to an aromatic ring is 1.